The molecule has 0 aliphatic rings. The maximum Gasteiger partial charge on any atom is 0.304 e. The average molecular weight is 515 g/mol. The molecule has 11 heteroatoms. The van der Waals surface area contributed by atoms with Crippen LogP contribution in [-0.4, -0.2) is 59.1 Å². The third kappa shape index (κ3) is 10.6. The molecule has 36 heavy (non-hydrogen) atoms. The van der Waals surface area contributed by atoms with E-state index in [0.29, 0.717) is 5.69 Å². The number of hydrogen-bond donors (Lipinski definition) is 6. The molecule has 2 atom stereocenters. The minimum absolute atomic E-state index is 0.0403. The van der Waals surface area contributed by atoms with Gasteiger partial charge in [-0.25, -0.2) is 0 Å². The van der Waals surface area contributed by atoms with Crippen molar-refractivity contribution >= 4 is 47.9 Å². The Morgan fingerprint density at radius 2 is 1.58 bits per heavy atom. The van der Waals surface area contributed by atoms with Crippen LogP contribution in [0.3, 0.4) is 0 Å². The largest absolute Gasteiger partial charge is 0.481 e. The van der Waals surface area contributed by atoms with E-state index in [2.05, 4.69) is 33.9 Å². The van der Waals surface area contributed by atoms with E-state index in [0.717, 1.165) is 17.5 Å². The highest BCUT2D eigenvalue weighted by atomic mass is 32.1. The van der Waals surface area contributed by atoms with Crippen LogP contribution in [0.1, 0.15) is 30.9 Å². The van der Waals surface area contributed by atoms with Crippen molar-refractivity contribution in [2.75, 3.05) is 18.4 Å². The van der Waals surface area contributed by atoms with Crippen LogP contribution in [0.5, 0.6) is 0 Å². The van der Waals surface area contributed by atoms with Gasteiger partial charge in [0.2, 0.25) is 23.6 Å². The van der Waals surface area contributed by atoms with Gasteiger partial charge in [0.05, 0.1) is 18.2 Å². The number of amides is 4. The Morgan fingerprint density at radius 1 is 0.889 bits per heavy atom. The summed E-state index contributed by atoms with van der Waals surface area (Å²) >= 11 is 3.89. The third-order valence-corrected chi connectivity index (χ3v) is 5.39. The fourth-order valence-electron chi connectivity index (χ4n) is 3.17. The molecule has 2 aromatic carbocycles. The SMILES string of the molecule is CC(NC(=O)CCNC(=O)C(S)CC(=O)O)C(=O)NCC(=O)Nc1cccc(Cc2ccccc2)c1. The zero-order chi connectivity index (χ0) is 26.5. The molecule has 0 bridgehead atoms. The highest BCUT2D eigenvalue weighted by Gasteiger charge is 2.19. The zero-order valence-corrected chi connectivity index (χ0v) is 20.7. The molecule has 0 spiro atoms. The van der Waals surface area contributed by atoms with Crippen LogP contribution in [0.4, 0.5) is 5.69 Å². The number of carboxylic acid groups (broad SMARTS) is 1. The number of thiol groups is 1. The summed E-state index contributed by atoms with van der Waals surface area (Å²) in [7, 11) is 0. The average Bonchev–Trinajstić information content (AvgIpc) is 2.82. The Hall–Kier alpha value is -3.86. The lowest BCUT2D eigenvalue weighted by Crippen LogP contribution is -2.47. The van der Waals surface area contributed by atoms with Crippen LogP contribution in [0.15, 0.2) is 54.6 Å². The van der Waals surface area contributed by atoms with Crippen LogP contribution in [-0.2, 0) is 30.4 Å². The molecular weight excluding hydrogens is 484 g/mol. The maximum absolute atomic E-state index is 12.3. The van der Waals surface area contributed by atoms with Crippen LogP contribution >= 0.6 is 12.6 Å². The summed E-state index contributed by atoms with van der Waals surface area (Å²) < 4.78 is 0. The molecule has 0 aromatic heterocycles. The lowest BCUT2D eigenvalue weighted by atomic mass is 10.0. The first-order valence-corrected chi connectivity index (χ1v) is 11.8. The smallest absolute Gasteiger partial charge is 0.304 e. The van der Waals surface area contributed by atoms with Gasteiger partial charge in [0.1, 0.15) is 6.04 Å². The summed E-state index contributed by atoms with van der Waals surface area (Å²) in [6.07, 6.45) is 0.168. The molecule has 0 aliphatic heterocycles. The maximum atomic E-state index is 12.3. The second-order valence-electron chi connectivity index (χ2n) is 8.07. The monoisotopic (exact) mass is 514 g/mol. The van der Waals surface area contributed by atoms with Crippen molar-refractivity contribution in [1.82, 2.24) is 16.0 Å². The third-order valence-electron chi connectivity index (χ3n) is 4.98. The lowest BCUT2D eigenvalue weighted by molar-refractivity contribution is -0.138. The van der Waals surface area contributed by atoms with E-state index >= 15 is 0 Å². The van der Waals surface area contributed by atoms with Gasteiger partial charge in [0.25, 0.3) is 0 Å². The highest BCUT2D eigenvalue weighted by Crippen LogP contribution is 2.14. The molecule has 0 fully saturated rings. The quantitative estimate of drug-likeness (QED) is 0.220. The van der Waals surface area contributed by atoms with Gasteiger partial charge in [-0.05, 0) is 36.6 Å². The van der Waals surface area contributed by atoms with Crippen molar-refractivity contribution < 1.29 is 29.1 Å². The normalized spacial score (nSPS) is 12.1. The first-order valence-electron chi connectivity index (χ1n) is 11.3. The second-order valence-corrected chi connectivity index (χ2v) is 8.70. The van der Waals surface area contributed by atoms with Crippen molar-refractivity contribution in [1.29, 1.82) is 0 Å². The topological polar surface area (TPSA) is 154 Å². The van der Waals surface area contributed by atoms with Gasteiger partial charge >= 0.3 is 5.97 Å². The molecule has 4 amide bonds. The summed E-state index contributed by atoms with van der Waals surface area (Å²) in [6.45, 7) is 1.15. The molecule has 0 saturated heterocycles. The van der Waals surface area contributed by atoms with Gasteiger partial charge in [-0.3, -0.25) is 24.0 Å². The number of carbonyl (C=O) groups excluding carboxylic acids is 4. The molecule has 0 aliphatic carbocycles. The lowest BCUT2D eigenvalue weighted by Gasteiger charge is -2.15. The van der Waals surface area contributed by atoms with Crippen molar-refractivity contribution in [3.8, 4) is 0 Å². The van der Waals surface area contributed by atoms with Crippen LogP contribution in [0, 0.1) is 0 Å². The molecule has 192 valence electrons. The van der Waals surface area contributed by atoms with E-state index in [1.807, 2.05) is 48.5 Å². The summed E-state index contributed by atoms with van der Waals surface area (Å²) in [4.78, 5) is 58.8. The summed E-state index contributed by atoms with van der Waals surface area (Å²) in [5, 5.41) is 17.7. The Bertz CT molecular complexity index is 1080. The number of nitrogens with one attached hydrogen (secondary N) is 4. The van der Waals surface area contributed by atoms with E-state index < -0.39 is 47.3 Å². The van der Waals surface area contributed by atoms with Crippen LogP contribution in [0.25, 0.3) is 0 Å². The predicted octanol–water partition coefficient (Wildman–Crippen LogP) is 1.12. The van der Waals surface area contributed by atoms with E-state index in [9.17, 15) is 24.0 Å². The van der Waals surface area contributed by atoms with Gasteiger partial charge in [0, 0.05) is 18.7 Å². The van der Waals surface area contributed by atoms with E-state index in [1.165, 1.54) is 6.92 Å². The standard InChI is InChI=1S/C25H30N4O6S/c1-16(28-21(30)10-11-26-25(35)20(36)14-23(32)33)24(34)27-15-22(31)29-19-9-5-8-18(13-19)12-17-6-3-2-4-7-17/h2-9,13,16,20,36H,10-12,14-15H2,1H3,(H,26,35)(H,27,34)(H,28,30)(H,29,31)(H,32,33). The fraction of sp³-hybridized carbons (Fsp3) is 0.320. The number of aliphatic carboxylic acids is 1. The summed E-state index contributed by atoms with van der Waals surface area (Å²) in [6, 6.07) is 16.5. The first-order chi connectivity index (χ1) is 17.1. The molecule has 10 nitrogen and oxygen atoms in total. The van der Waals surface area contributed by atoms with Crippen molar-refractivity contribution in [2.24, 2.45) is 0 Å². The summed E-state index contributed by atoms with van der Waals surface area (Å²) in [5.74, 6) is -3.21. The second kappa shape index (κ2) is 14.5. The molecule has 5 N–H and O–H groups in total. The van der Waals surface area contributed by atoms with Gasteiger partial charge < -0.3 is 26.4 Å². The molecule has 0 heterocycles. The number of rotatable bonds is 13. The van der Waals surface area contributed by atoms with Crippen molar-refractivity contribution in [3.63, 3.8) is 0 Å². The van der Waals surface area contributed by atoms with Crippen molar-refractivity contribution in [2.45, 2.75) is 37.5 Å². The van der Waals surface area contributed by atoms with Gasteiger partial charge in [-0.1, -0.05) is 42.5 Å². The number of benzene rings is 2. The molecule has 2 aromatic rings. The predicted molar refractivity (Wildman–Crippen MR) is 138 cm³/mol. The van der Waals surface area contributed by atoms with Crippen LogP contribution < -0.4 is 21.3 Å². The van der Waals surface area contributed by atoms with E-state index in [4.69, 9.17) is 5.11 Å². The minimum atomic E-state index is -1.16. The summed E-state index contributed by atoms with van der Waals surface area (Å²) in [5.41, 5.74) is 2.79. The fourth-order valence-corrected chi connectivity index (χ4v) is 3.42. The molecule has 0 saturated carbocycles. The Labute approximate surface area is 214 Å². The molecule has 2 rings (SSSR count). The Balaban J connectivity index is 1.70. The number of carboxylic acids is 1. The van der Waals surface area contributed by atoms with E-state index in [1.54, 1.807) is 6.07 Å². The zero-order valence-electron chi connectivity index (χ0n) is 19.8. The number of anilines is 1. The van der Waals surface area contributed by atoms with Gasteiger partial charge in [0.15, 0.2) is 0 Å². The van der Waals surface area contributed by atoms with Crippen molar-refractivity contribution in [3.05, 3.63) is 65.7 Å². The Morgan fingerprint density at radius 3 is 2.28 bits per heavy atom. The number of hydrogen-bond acceptors (Lipinski definition) is 6. The highest BCUT2D eigenvalue weighted by molar-refractivity contribution is 7.81. The molecule has 0 radical (unpaired) electrons. The van der Waals surface area contributed by atoms with Gasteiger partial charge in [-0.2, -0.15) is 12.6 Å². The van der Waals surface area contributed by atoms with E-state index in [-0.39, 0.29) is 19.5 Å². The minimum Gasteiger partial charge on any atom is -0.481 e. The molecular formula is C25H30N4O6S. The number of carbonyl (C=O) groups is 5. The molecule has 2 unspecified atom stereocenters. The Kier molecular flexibility index (Phi) is 11.4. The first kappa shape index (κ1) is 28.4. The van der Waals surface area contributed by atoms with Crippen LogP contribution in [0.2, 0.25) is 0 Å². The van der Waals surface area contributed by atoms with Gasteiger partial charge in [-0.15, -0.1) is 0 Å².